The van der Waals surface area contributed by atoms with Gasteiger partial charge in [-0.25, -0.2) is 0 Å². The van der Waals surface area contributed by atoms with Gasteiger partial charge < -0.3 is 19.9 Å². The lowest BCUT2D eigenvalue weighted by atomic mass is 10.0. The van der Waals surface area contributed by atoms with Crippen molar-refractivity contribution in [3.63, 3.8) is 0 Å². The molecule has 4 rings (SSSR count). The van der Waals surface area contributed by atoms with Gasteiger partial charge in [-0.2, -0.15) is 0 Å². The van der Waals surface area contributed by atoms with Crippen LogP contribution in [-0.4, -0.2) is 56.0 Å². The van der Waals surface area contributed by atoms with Gasteiger partial charge in [-0.05, 0) is 61.7 Å². The van der Waals surface area contributed by atoms with Gasteiger partial charge in [0.15, 0.2) is 0 Å². The second-order valence-electron chi connectivity index (χ2n) is 8.50. The zero-order chi connectivity index (χ0) is 21.8. The number of methoxy groups -OCH3 is 1. The third kappa shape index (κ3) is 4.84. The summed E-state index contributed by atoms with van der Waals surface area (Å²) in [6.45, 7) is 5.23. The first-order valence-corrected chi connectivity index (χ1v) is 11.1. The average Bonchev–Trinajstić information content (AvgIpc) is 3.26. The van der Waals surface area contributed by atoms with E-state index >= 15 is 0 Å². The van der Waals surface area contributed by atoms with Crippen molar-refractivity contribution in [3.8, 4) is 5.75 Å². The highest BCUT2D eigenvalue weighted by Crippen LogP contribution is 2.29. The average molecular weight is 422 g/mol. The number of carbonyl (C=O) groups excluding carboxylic acids is 2. The minimum absolute atomic E-state index is 0.100. The molecule has 0 spiro atoms. The maximum atomic E-state index is 13.2. The van der Waals surface area contributed by atoms with E-state index in [1.54, 1.807) is 31.4 Å². The van der Waals surface area contributed by atoms with E-state index in [0.717, 1.165) is 51.2 Å². The first kappa shape index (κ1) is 21.2. The molecule has 6 nitrogen and oxygen atoms in total. The van der Waals surface area contributed by atoms with E-state index in [1.165, 1.54) is 11.3 Å². The topological polar surface area (TPSA) is 61.9 Å². The zero-order valence-corrected chi connectivity index (χ0v) is 18.3. The van der Waals surface area contributed by atoms with Crippen LogP contribution in [0, 0.1) is 12.8 Å². The number of nitrogens with one attached hydrogen (secondary N) is 1. The first-order valence-electron chi connectivity index (χ1n) is 11.1. The van der Waals surface area contributed by atoms with Crippen LogP contribution in [0.3, 0.4) is 0 Å². The van der Waals surface area contributed by atoms with E-state index in [4.69, 9.17) is 4.74 Å². The highest BCUT2D eigenvalue weighted by atomic mass is 16.5. The number of carbonyl (C=O) groups is 2. The Balaban J connectivity index is 1.34. The summed E-state index contributed by atoms with van der Waals surface area (Å²) in [6, 6.07) is 15.5. The predicted molar refractivity (Wildman–Crippen MR) is 122 cm³/mol. The van der Waals surface area contributed by atoms with Gasteiger partial charge >= 0.3 is 0 Å². The van der Waals surface area contributed by atoms with Crippen LogP contribution in [0.15, 0.2) is 48.5 Å². The van der Waals surface area contributed by atoms with Crippen LogP contribution in [-0.2, 0) is 4.79 Å². The molecule has 1 saturated heterocycles. The normalized spacial score (nSPS) is 21.1. The van der Waals surface area contributed by atoms with Gasteiger partial charge in [-0.15, -0.1) is 0 Å². The molecule has 1 heterocycles. The number of rotatable bonds is 5. The van der Waals surface area contributed by atoms with Crippen LogP contribution in [0.5, 0.6) is 5.75 Å². The number of anilines is 1. The van der Waals surface area contributed by atoms with Crippen LogP contribution < -0.4 is 15.0 Å². The maximum Gasteiger partial charge on any atom is 0.251 e. The van der Waals surface area contributed by atoms with Gasteiger partial charge in [-0.3, -0.25) is 9.59 Å². The summed E-state index contributed by atoms with van der Waals surface area (Å²) >= 11 is 0. The van der Waals surface area contributed by atoms with Crippen molar-refractivity contribution in [1.82, 2.24) is 10.2 Å². The van der Waals surface area contributed by atoms with Crippen molar-refractivity contribution in [2.75, 3.05) is 38.2 Å². The fraction of sp³-hybridized carbons (Fsp3) is 0.440. The number of nitrogens with zero attached hydrogens (tertiary/aromatic N) is 2. The lowest BCUT2D eigenvalue weighted by Gasteiger charge is -2.38. The summed E-state index contributed by atoms with van der Waals surface area (Å²) in [6.07, 6.45) is 2.65. The lowest BCUT2D eigenvalue weighted by molar-refractivity contribution is -0.136. The van der Waals surface area contributed by atoms with Gasteiger partial charge in [0.1, 0.15) is 5.75 Å². The Bertz CT molecular complexity index is 920. The summed E-state index contributed by atoms with van der Waals surface area (Å²) < 4.78 is 5.15. The number of hydrogen-bond donors (Lipinski definition) is 1. The Hall–Kier alpha value is -3.02. The van der Waals surface area contributed by atoms with E-state index in [0.29, 0.717) is 5.56 Å². The number of aryl methyl sites for hydroxylation is 1. The third-order valence-corrected chi connectivity index (χ3v) is 6.46. The van der Waals surface area contributed by atoms with Crippen molar-refractivity contribution in [1.29, 1.82) is 0 Å². The molecule has 2 fully saturated rings. The first-order chi connectivity index (χ1) is 15.0. The molecule has 1 N–H and O–H groups in total. The molecule has 2 amide bonds. The summed E-state index contributed by atoms with van der Waals surface area (Å²) in [4.78, 5) is 30.3. The quantitative estimate of drug-likeness (QED) is 0.805. The smallest absolute Gasteiger partial charge is 0.251 e. The van der Waals surface area contributed by atoms with Gasteiger partial charge in [0.2, 0.25) is 5.91 Å². The molecular weight excluding hydrogens is 390 g/mol. The summed E-state index contributed by atoms with van der Waals surface area (Å²) in [5.74, 6) is 0.640. The Kier molecular flexibility index (Phi) is 6.44. The van der Waals surface area contributed by atoms with E-state index in [1.807, 2.05) is 4.90 Å². The van der Waals surface area contributed by atoms with E-state index in [9.17, 15) is 9.59 Å². The highest BCUT2D eigenvalue weighted by Gasteiger charge is 2.37. The molecule has 2 aliphatic rings. The standard InChI is InChI=1S/C25H31N3O3/c1-18-5-3-6-20(17-18)27-13-15-28(16-14-27)25(30)22-7-4-8-23(22)26-24(29)19-9-11-21(31-2)12-10-19/h3,5-6,9-12,17,22-23H,4,7-8,13-16H2,1-2H3,(H,26,29)/t22-,23+/m0/s1. The number of amides is 2. The van der Waals surface area contributed by atoms with Crippen molar-refractivity contribution in [3.05, 3.63) is 59.7 Å². The highest BCUT2D eigenvalue weighted by molar-refractivity contribution is 5.95. The molecule has 31 heavy (non-hydrogen) atoms. The Labute approximate surface area is 184 Å². The number of benzene rings is 2. The number of ether oxygens (including phenoxy) is 1. The van der Waals surface area contributed by atoms with Crippen molar-refractivity contribution < 1.29 is 14.3 Å². The summed E-state index contributed by atoms with van der Waals surface area (Å²) in [5.41, 5.74) is 3.06. The second-order valence-corrected chi connectivity index (χ2v) is 8.50. The van der Waals surface area contributed by atoms with Crippen LogP contribution in [0.25, 0.3) is 0 Å². The Morgan fingerprint density at radius 1 is 1.00 bits per heavy atom. The Morgan fingerprint density at radius 3 is 2.42 bits per heavy atom. The van der Waals surface area contributed by atoms with E-state index < -0.39 is 0 Å². The Morgan fingerprint density at radius 2 is 1.74 bits per heavy atom. The van der Waals surface area contributed by atoms with Gasteiger partial charge in [0, 0.05) is 43.5 Å². The molecule has 164 valence electrons. The lowest BCUT2D eigenvalue weighted by Crippen LogP contribution is -2.52. The largest absolute Gasteiger partial charge is 0.497 e. The number of piperazine rings is 1. The fourth-order valence-corrected chi connectivity index (χ4v) is 4.67. The molecule has 1 aliphatic heterocycles. The van der Waals surface area contributed by atoms with Crippen LogP contribution in [0.2, 0.25) is 0 Å². The third-order valence-electron chi connectivity index (χ3n) is 6.46. The van der Waals surface area contributed by atoms with Gasteiger partial charge in [-0.1, -0.05) is 18.6 Å². The predicted octanol–water partition coefficient (Wildman–Crippen LogP) is 3.25. The minimum atomic E-state index is -0.132. The van der Waals surface area contributed by atoms with Crippen LogP contribution >= 0.6 is 0 Å². The molecule has 2 atom stereocenters. The second kappa shape index (κ2) is 9.41. The fourth-order valence-electron chi connectivity index (χ4n) is 4.67. The molecule has 2 aromatic carbocycles. The minimum Gasteiger partial charge on any atom is -0.497 e. The SMILES string of the molecule is COc1ccc(C(=O)N[C@@H]2CCC[C@@H]2C(=O)N2CCN(c3cccc(C)c3)CC2)cc1. The molecule has 0 radical (unpaired) electrons. The monoisotopic (exact) mass is 421 g/mol. The molecular formula is C25H31N3O3. The van der Waals surface area contributed by atoms with Crippen LogP contribution in [0.1, 0.15) is 35.2 Å². The summed E-state index contributed by atoms with van der Waals surface area (Å²) in [5, 5.41) is 3.11. The molecule has 0 bridgehead atoms. The van der Waals surface area contributed by atoms with Crippen molar-refractivity contribution >= 4 is 17.5 Å². The molecule has 0 aromatic heterocycles. The van der Waals surface area contributed by atoms with Crippen LogP contribution in [0.4, 0.5) is 5.69 Å². The molecule has 2 aromatic rings. The van der Waals surface area contributed by atoms with Gasteiger partial charge in [0.25, 0.3) is 5.91 Å². The van der Waals surface area contributed by atoms with Crippen molar-refractivity contribution in [2.45, 2.75) is 32.2 Å². The number of hydrogen-bond acceptors (Lipinski definition) is 4. The molecule has 6 heteroatoms. The molecule has 1 saturated carbocycles. The van der Waals surface area contributed by atoms with Gasteiger partial charge in [0.05, 0.1) is 13.0 Å². The molecule has 0 unspecified atom stereocenters. The van der Waals surface area contributed by atoms with E-state index in [2.05, 4.69) is 41.4 Å². The molecule has 1 aliphatic carbocycles. The zero-order valence-electron chi connectivity index (χ0n) is 18.3. The maximum absolute atomic E-state index is 13.2. The van der Waals surface area contributed by atoms with E-state index in [-0.39, 0.29) is 23.8 Å². The van der Waals surface area contributed by atoms with Crippen molar-refractivity contribution in [2.24, 2.45) is 5.92 Å². The summed E-state index contributed by atoms with van der Waals surface area (Å²) in [7, 11) is 1.60.